The zero-order valence-electron chi connectivity index (χ0n) is 10.9. The van der Waals surface area contributed by atoms with Crippen LogP contribution in [0.2, 0.25) is 0 Å². The predicted octanol–water partition coefficient (Wildman–Crippen LogP) is 1.03. The molecule has 1 atom stereocenters. The number of alkyl halides is 2. The first-order valence-corrected chi connectivity index (χ1v) is 7.47. The molecule has 0 saturated carbocycles. The summed E-state index contributed by atoms with van der Waals surface area (Å²) in [5, 5.41) is 10.9. The van der Waals surface area contributed by atoms with E-state index in [1.54, 1.807) is 0 Å². The highest BCUT2D eigenvalue weighted by Gasteiger charge is 2.24. The van der Waals surface area contributed by atoms with Crippen molar-refractivity contribution in [3.63, 3.8) is 0 Å². The van der Waals surface area contributed by atoms with Gasteiger partial charge in [0.05, 0.1) is 5.75 Å². The number of halogens is 2. The number of carboxylic acid groups (broad SMARTS) is 1. The minimum Gasteiger partial charge on any atom is -0.480 e. The van der Waals surface area contributed by atoms with Gasteiger partial charge in [-0.2, -0.15) is 8.78 Å². The number of aliphatic carboxylic acids is 1. The van der Waals surface area contributed by atoms with Crippen molar-refractivity contribution in [2.75, 3.05) is 0 Å². The lowest BCUT2D eigenvalue weighted by Gasteiger charge is -2.09. The molecule has 0 aromatic heterocycles. The van der Waals surface area contributed by atoms with Crippen LogP contribution in [0.1, 0.15) is 22.8 Å². The summed E-state index contributed by atoms with van der Waals surface area (Å²) in [4.78, 5) is 22.2. The number of carbonyl (C=O) groups is 2. The van der Waals surface area contributed by atoms with Gasteiger partial charge in [-0.25, -0.2) is 8.42 Å². The lowest BCUT2D eigenvalue weighted by molar-refractivity contribution is -0.138. The summed E-state index contributed by atoms with van der Waals surface area (Å²) in [6, 6.07) is 3.83. The van der Waals surface area contributed by atoms with Crippen LogP contribution in [0.3, 0.4) is 0 Å². The van der Waals surface area contributed by atoms with Gasteiger partial charge >= 0.3 is 11.7 Å². The van der Waals surface area contributed by atoms with Crippen molar-refractivity contribution in [2.24, 2.45) is 0 Å². The highest BCUT2D eigenvalue weighted by Crippen LogP contribution is 2.14. The Kier molecular flexibility index (Phi) is 5.36. The summed E-state index contributed by atoms with van der Waals surface area (Å²) < 4.78 is 46.5. The molecule has 21 heavy (non-hydrogen) atoms. The third-order valence-corrected chi connectivity index (χ3v) is 3.85. The topological polar surface area (TPSA) is 101 Å². The van der Waals surface area contributed by atoms with Gasteiger partial charge in [-0.15, -0.1) is 0 Å². The fourth-order valence-electron chi connectivity index (χ4n) is 1.39. The van der Waals surface area contributed by atoms with Crippen LogP contribution in [-0.2, 0) is 20.4 Å². The van der Waals surface area contributed by atoms with E-state index in [1.807, 2.05) is 0 Å². The van der Waals surface area contributed by atoms with Crippen molar-refractivity contribution >= 4 is 21.7 Å². The lowest BCUT2D eigenvalue weighted by Crippen LogP contribution is -2.38. The second kappa shape index (κ2) is 6.61. The molecule has 1 rings (SSSR count). The van der Waals surface area contributed by atoms with Gasteiger partial charge in [-0.3, -0.25) is 9.59 Å². The second-order valence-electron chi connectivity index (χ2n) is 4.30. The van der Waals surface area contributed by atoms with Crippen LogP contribution in [0.5, 0.6) is 0 Å². The Bertz CT molecular complexity index is 628. The van der Waals surface area contributed by atoms with Crippen molar-refractivity contribution in [1.29, 1.82) is 0 Å². The molecule has 1 aromatic carbocycles. The Labute approximate surface area is 119 Å². The van der Waals surface area contributed by atoms with E-state index in [4.69, 9.17) is 5.11 Å². The maximum absolute atomic E-state index is 12.2. The van der Waals surface area contributed by atoms with Gasteiger partial charge in [0.25, 0.3) is 5.91 Å². The number of rotatable bonds is 6. The number of nitrogens with one attached hydrogen (secondary N) is 1. The predicted molar refractivity (Wildman–Crippen MR) is 69.6 cm³/mol. The van der Waals surface area contributed by atoms with E-state index >= 15 is 0 Å². The van der Waals surface area contributed by atoms with Crippen LogP contribution in [0.15, 0.2) is 24.3 Å². The molecule has 2 N–H and O–H groups in total. The van der Waals surface area contributed by atoms with Gasteiger partial charge in [0.15, 0.2) is 0 Å². The van der Waals surface area contributed by atoms with Crippen molar-refractivity contribution < 1.29 is 31.9 Å². The molecule has 0 bridgehead atoms. The Morgan fingerprint density at radius 3 is 2.19 bits per heavy atom. The average Bonchev–Trinajstić information content (AvgIpc) is 2.38. The molecule has 9 heteroatoms. The van der Waals surface area contributed by atoms with E-state index in [1.165, 1.54) is 31.2 Å². The molecular weight excluding hydrogens is 308 g/mol. The molecule has 0 heterocycles. The SMILES string of the molecule is CC(NC(=O)c1ccc(CS(=O)(=O)C(F)F)cc1)C(=O)O. The van der Waals surface area contributed by atoms with E-state index < -0.39 is 39.3 Å². The minimum absolute atomic E-state index is 0.0984. The first kappa shape index (κ1) is 17.0. The van der Waals surface area contributed by atoms with E-state index in [-0.39, 0.29) is 11.1 Å². The molecule has 0 radical (unpaired) electrons. The maximum atomic E-state index is 12.2. The van der Waals surface area contributed by atoms with Gasteiger partial charge in [0, 0.05) is 5.56 Å². The van der Waals surface area contributed by atoms with E-state index in [9.17, 15) is 26.8 Å². The Morgan fingerprint density at radius 1 is 1.24 bits per heavy atom. The first-order valence-electron chi connectivity index (χ1n) is 5.76. The van der Waals surface area contributed by atoms with Gasteiger partial charge < -0.3 is 10.4 Å². The number of hydrogen-bond acceptors (Lipinski definition) is 4. The molecule has 0 fully saturated rings. The van der Waals surface area contributed by atoms with Crippen molar-refractivity contribution in [2.45, 2.75) is 24.5 Å². The van der Waals surface area contributed by atoms with Gasteiger partial charge in [-0.1, -0.05) is 12.1 Å². The fraction of sp³-hybridized carbons (Fsp3) is 0.333. The molecule has 1 unspecified atom stereocenters. The number of sulfone groups is 1. The van der Waals surface area contributed by atoms with E-state index in [0.29, 0.717) is 0 Å². The molecule has 1 aromatic rings. The van der Waals surface area contributed by atoms with Crippen molar-refractivity contribution in [3.05, 3.63) is 35.4 Å². The number of carbonyl (C=O) groups excluding carboxylic acids is 1. The van der Waals surface area contributed by atoms with E-state index in [0.717, 1.165) is 0 Å². The maximum Gasteiger partial charge on any atom is 0.337 e. The molecular formula is C12H13F2NO5S. The standard InChI is InChI=1S/C12H13F2NO5S/c1-7(11(17)18)15-10(16)9-4-2-8(3-5-9)6-21(19,20)12(13)14/h2-5,7,12H,6H2,1H3,(H,15,16)(H,17,18). The molecule has 0 saturated heterocycles. The molecule has 6 nitrogen and oxygen atoms in total. The number of amides is 1. The average molecular weight is 321 g/mol. The highest BCUT2D eigenvalue weighted by molar-refractivity contribution is 7.90. The van der Waals surface area contributed by atoms with Gasteiger partial charge in [0.1, 0.15) is 6.04 Å². The number of benzene rings is 1. The number of hydrogen-bond donors (Lipinski definition) is 2. The van der Waals surface area contributed by atoms with Gasteiger partial charge in [0.2, 0.25) is 9.84 Å². The zero-order valence-corrected chi connectivity index (χ0v) is 11.7. The summed E-state index contributed by atoms with van der Waals surface area (Å²) >= 11 is 0. The highest BCUT2D eigenvalue weighted by atomic mass is 32.2. The van der Waals surface area contributed by atoms with E-state index in [2.05, 4.69) is 5.32 Å². The van der Waals surface area contributed by atoms with Gasteiger partial charge in [-0.05, 0) is 24.6 Å². The molecule has 0 aliphatic heterocycles. The fourth-order valence-corrected chi connectivity index (χ4v) is 2.17. The zero-order chi connectivity index (χ0) is 16.2. The van der Waals surface area contributed by atoms with Crippen molar-refractivity contribution in [1.82, 2.24) is 5.32 Å². The summed E-state index contributed by atoms with van der Waals surface area (Å²) in [6.07, 6.45) is 0. The monoisotopic (exact) mass is 321 g/mol. The van der Waals surface area contributed by atoms with Crippen LogP contribution in [0.25, 0.3) is 0 Å². The molecule has 0 aliphatic carbocycles. The first-order chi connectivity index (χ1) is 9.63. The quantitative estimate of drug-likeness (QED) is 0.815. The van der Waals surface area contributed by atoms with Crippen LogP contribution < -0.4 is 5.32 Å². The summed E-state index contributed by atoms with van der Waals surface area (Å²) in [6.45, 7) is 1.28. The summed E-state index contributed by atoms with van der Waals surface area (Å²) in [5.41, 5.74) is 0.208. The Morgan fingerprint density at radius 2 is 1.76 bits per heavy atom. The summed E-state index contributed by atoms with van der Waals surface area (Å²) in [5.74, 6) is -6.16. The molecule has 0 aliphatic rings. The molecule has 0 spiro atoms. The largest absolute Gasteiger partial charge is 0.480 e. The van der Waals surface area contributed by atoms with Crippen LogP contribution in [-0.4, -0.2) is 37.2 Å². The Balaban J connectivity index is 2.79. The molecule has 116 valence electrons. The van der Waals surface area contributed by atoms with Crippen LogP contribution in [0.4, 0.5) is 8.78 Å². The second-order valence-corrected chi connectivity index (χ2v) is 6.27. The molecule has 1 amide bonds. The minimum atomic E-state index is -4.53. The third kappa shape index (κ3) is 4.78. The summed E-state index contributed by atoms with van der Waals surface area (Å²) in [7, 11) is -4.53. The van der Waals surface area contributed by atoms with Crippen LogP contribution in [0, 0.1) is 0 Å². The lowest BCUT2D eigenvalue weighted by atomic mass is 10.1. The Hall–Kier alpha value is -2.03. The number of carboxylic acids is 1. The van der Waals surface area contributed by atoms with Crippen LogP contribution >= 0.6 is 0 Å². The third-order valence-electron chi connectivity index (χ3n) is 2.57. The smallest absolute Gasteiger partial charge is 0.337 e. The normalized spacial score (nSPS) is 13.0. The van der Waals surface area contributed by atoms with Crippen molar-refractivity contribution in [3.8, 4) is 0 Å².